The van der Waals surface area contributed by atoms with Gasteiger partial charge < -0.3 is 4.90 Å². The van der Waals surface area contributed by atoms with Gasteiger partial charge in [-0.2, -0.15) is 0 Å². The van der Waals surface area contributed by atoms with E-state index in [1.807, 2.05) is 24.3 Å². The molecule has 0 radical (unpaired) electrons. The molecule has 4 aromatic rings. The highest BCUT2D eigenvalue weighted by atomic mass is 15.2. The predicted molar refractivity (Wildman–Crippen MR) is 131 cm³/mol. The van der Waals surface area contributed by atoms with E-state index in [0.29, 0.717) is 11.4 Å². The average molecular weight is 412 g/mol. The Bertz CT molecular complexity index is 1350. The molecule has 5 rings (SSSR count). The monoisotopic (exact) mass is 411 g/mol. The van der Waals surface area contributed by atoms with Gasteiger partial charge in [0.25, 0.3) is 0 Å². The number of benzene rings is 4. The van der Waals surface area contributed by atoms with E-state index < -0.39 is 0 Å². The number of nitrogens with zero attached hydrogens (tertiary/aromatic N) is 3. The van der Waals surface area contributed by atoms with E-state index in [-0.39, 0.29) is 5.41 Å². The summed E-state index contributed by atoms with van der Waals surface area (Å²) in [5, 5.41) is 0. The number of para-hydroxylation sites is 2. The molecular formula is C29H21N3. The molecule has 0 aromatic heterocycles. The molecule has 0 unspecified atom stereocenters. The van der Waals surface area contributed by atoms with Gasteiger partial charge in [0.15, 0.2) is 11.4 Å². The van der Waals surface area contributed by atoms with Crippen molar-refractivity contribution in [1.29, 1.82) is 0 Å². The van der Waals surface area contributed by atoms with Crippen LogP contribution in [-0.4, -0.2) is 0 Å². The minimum Gasteiger partial charge on any atom is -0.310 e. The van der Waals surface area contributed by atoms with Gasteiger partial charge in [-0.1, -0.05) is 80.6 Å². The highest BCUT2D eigenvalue weighted by Gasteiger charge is 2.36. The molecule has 3 heteroatoms. The van der Waals surface area contributed by atoms with Gasteiger partial charge in [0.05, 0.1) is 24.5 Å². The van der Waals surface area contributed by atoms with Crippen molar-refractivity contribution >= 4 is 28.4 Å². The van der Waals surface area contributed by atoms with Crippen molar-refractivity contribution in [2.45, 2.75) is 19.3 Å². The van der Waals surface area contributed by atoms with E-state index in [1.165, 1.54) is 22.5 Å². The number of hydrogen-bond acceptors (Lipinski definition) is 1. The number of anilines is 3. The van der Waals surface area contributed by atoms with Crippen LogP contribution in [0.25, 0.3) is 20.8 Å². The topological polar surface area (TPSA) is 12.0 Å². The second kappa shape index (κ2) is 7.41. The van der Waals surface area contributed by atoms with Crippen molar-refractivity contribution in [3.63, 3.8) is 0 Å². The van der Waals surface area contributed by atoms with Crippen molar-refractivity contribution in [3.8, 4) is 11.1 Å². The number of fused-ring (bicyclic) bond motifs is 2. The van der Waals surface area contributed by atoms with Gasteiger partial charge in [-0.15, -0.1) is 0 Å². The van der Waals surface area contributed by atoms with Gasteiger partial charge >= 0.3 is 0 Å². The molecule has 32 heavy (non-hydrogen) atoms. The van der Waals surface area contributed by atoms with E-state index in [0.717, 1.165) is 16.8 Å². The maximum absolute atomic E-state index is 7.39. The summed E-state index contributed by atoms with van der Waals surface area (Å²) in [5.41, 5.74) is 8.69. The van der Waals surface area contributed by atoms with Gasteiger partial charge in [0.2, 0.25) is 0 Å². The lowest BCUT2D eigenvalue weighted by atomic mass is 9.73. The zero-order valence-corrected chi connectivity index (χ0v) is 18.0. The SMILES string of the molecule is [C-]#[N+]c1cc([N+]#[C-])cc(-c2cccc(N3c4ccccc4C(C)(C)c4ccccc43)c2)c1. The van der Waals surface area contributed by atoms with Crippen LogP contribution in [0.15, 0.2) is 91.0 Å². The molecule has 0 saturated carbocycles. The quantitative estimate of drug-likeness (QED) is 0.301. The maximum atomic E-state index is 7.39. The first-order chi connectivity index (χ1) is 15.5. The van der Waals surface area contributed by atoms with Crippen molar-refractivity contribution in [3.05, 3.63) is 125 Å². The average Bonchev–Trinajstić information content (AvgIpc) is 2.84. The lowest BCUT2D eigenvalue weighted by Gasteiger charge is -2.42. The molecule has 0 atom stereocenters. The normalized spacial score (nSPS) is 13.4. The molecule has 152 valence electrons. The summed E-state index contributed by atoms with van der Waals surface area (Å²) in [6.07, 6.45) is 0. The molecule has 4 aromatic carbocycles. The molecule has 1 aliphatic rings. The largest absolute Gasteiger partial charge is 0.310 e. The molecule has 0 bridgehead atoms. The molecule has 1 aliphatic heterocycles. The van der Waals surface area contributed by atoms with Gasteiger partial charge in [-0.05, 0) is 46.5 Å². The third-order valence-electron chi connectivity index (χ3n) is 6.24. The Kier molecular flexibility index (Phi) is 4.54. The van der Waals surface area contributed by atoms with E-state index >= 15 is 0 Å². The molecule has 3 nitrogen and oxygen atoms in total. The summed E-state index contributed by atoms with van der Waals surface area (Å²) in [7, 11) is 0. The van der Waals surface area contributed by atoms with Crippen LogP contribution in [0.1, 0.15) is 25.0 Å². The second-order valence-corrected chi connectivity index (χ2v) is 8.51. The van der Waals surface area contributed by atoms with E-state index in [9.17, 15) is 0 Å². The summed E-state index contributed by atoms with van der Waals surface area (Å²) < 4.78 is 0. The zero-order chi connectivity index (χ0) is 22.3. The zero-order valence-electron chi connectivity index (χ0n) is 18.0. The molecule has 0 amide bonds. The summed E-state index contributed by atoms with van der Waals surface area (Å²) in [6, 6.07) is 30.8. The molecule has 0 spiro atoms. The fraction of sp³-hybridized carbons (Fsp3) is 0.103. The van der Waals surface area contributed by atoms with Crippen molar-refractivity contribution < 1.29 is 0 Å². The van der Waals surface area contributed by atoms with Crippen LogP contribution >= 0.6 is 0 Å². The van der Waals surface area contributed by atoms with E-state index in [1.54, 1.807) is 6.07 Å². The first kappa shape index (κ1) is 19.6. The molecule has 0 N–H and O–H groups in total. The molecule has 0 fully saturated rings. The van der Waals surface area contributed by atoms with Crippen LogP contribution < -0.4 is 4.90 Å². The first-order valence-corrected chi connectivity index (χ1v) is 10.5. The van der Waals surface area contributed by atoms with Gasteiger partial charge in [0, 0.05) is 11.1 Å². The molecular weight excluding hydrogens is 390 g/mol. The predicted octanol–water partition coefficient (Wildman–Crippen LogP) is 8.56. The first-order valence-electron chi connectivity index (χ1n) is 10.5. The Balaban J connectivity index is 1.72. The smallest absolute Gasteiger partial charge is 0.177 e. The summed E-state index contributed by atoms with van der Waals surface area (Å²) in [6.45, 7) is 19.3. The standard InChI is InChI=1S/C29H21N3/c1-29(2)25-12-5-7-14-27(25)32(28-15-8-6-13-26(28)29)24-11-9-10-20(18-24)21-16-22(30-3)19-23(17-21)31-4/h5-19H,1-2H3. The van der Waals surface area contributed by atoms with Crippen molar-refractivity contribution in [1.82, 2.24) is 0 Å². The second-order valence-electron chi connectivity index (χ2n) is 8.51. The van der Waals surface area contributed by atoms with E-state index in [2.05, 4.69) is 89.1 Å². The van der Waals surface area contributed by atoms with Crippen LogP contribution in [0, 0.1) is 13.1 Å². The van der Waals surface area contributed by atoms with E-state index in [4.69, 9.17) is 13.1 Å². The van der Waals surface area contributed by atoms with Gasteiger partial charge in [-0.3, -0.25) is 0 Å². The Hall–Kier alpha value is -4.34. The number of hydrogen-bond donors (Lipinski definition) is 0. The summed E-state index contributed by atoms with van der Waals surface area (Å²) in [4.78, 5) is 9.41. The maximum Gasteiger partial charge on any atom is 0.177 e. The third kappa shape index (κ3) is 3.04. The summed E-state index contributed by atoms with van der Waals surface area (Å²) >= 11 is 0. The summed E-state index contributed by atoms with van der Waals surface area (Å²) in [5.74, 6) is 0. The van der Waals surface area contributed by atoms with Crippen LogP contribution in [-0.2, 0) is 5.41 Å². The fourth-order valence-electron chi connectivity index (χ4n) is 4.66. The van der Waals surface area contributed by atoms with Crippen LogP contribution in [0.3, 0.4) is 0 Å². The minimum absolute atomic E-state index is 0.101. The molecule has 0 saturated heterocycles. The Morgan fingerprint density at radius 1 is 0.625 bits per heavy atom. The highest BCUT2D eigenvalue weighted by molar-refractivity contribution is 5.87. The van der Waals surface area contributed by atoms with Gasteiger partial charge in [-0.25, -0.2) is 9.69 Å². The van der Waals surface area contributed by atoms with Crippen LogP contribution in [0.5, 0.6) is 0 Å². The van der Waals surface area contributed by atoms with Crippen LogP contribution in [0.4, 0.5) is 28.4 Å². The van der Waals surface area contributed by atoms with Gasteiger partial charge in [0.1, 0.15) is 0 Å². The van der Waals surface area contributed by atoms with Crippen LogP contribution in [0.2, 0.25) is 0 Å². The Morgan fingerprint density at radius 2 is 1.19 bits per heavy atom. The molecule has 0 aliphatic carbocycles. The minimum atomic E-state index is -0.101. The lowest BCUT2D eigenvalue weighted by Crippen LogP contribution is -2.30. The van der Waals surface area contributed by atoms with Crippen molar-refractivity contribution in [2.75, 3.05) is 4.90 Å². The third-order valence-corrected chi connectivity index (χ3v) is 6.24. The highest BCUT2D eigenvalue weighted by Crippen LogP contribution is 2.51. The number of rotatable bonds is 2. The fourth-order valence-corrected chi connectivity index (χ4v) is 4.66. The Morgan fingerprint density at radius 3 is 1.75 bits per heavy atom. The molecule has 1 heterocycles. The van der Waals surface area contributed by atoms with Crippen molar-refractivity contribution in [2.24, 2.45) is 0 Å². The lowest BCUT2D eigenvalue weighted by molar-refractivity contribution is 0.632. The Labute approximate surface area is 188 Å².